The van der Waals surface area contributed by atoms with Crippen LogP contribution in [0.15, 0.2) is 6.07 Å². The van der Waals surface area contributed by atoms with Crippen molar-refractivity contribution in [3.05, 3.63) is 11.8 Å². The Labute approximate surface area is 123 Å². The van der Waals surface area contributed by atoms with Crippen molar-refractivity contribution in [1.82, 2.24) is 9.97 Å². The number of carbonyl (C=O) groups excluding carboxylic acids is 1. The molecule has 114 valence electrons. The summed E-state index contributed by atoms with van der Waals surface area (Å²) < 4.78 is 10.7. The summed E-state index contributed by atoms with van der Waals surface area (Å²) in [6.07, 6.45) is 2.67. The molecule has 1 aromatic heterocycles. The molecule has 3 rings (SSSR count). The van der Waals surface area contributed by atoms with Crippen molar-refractivity contribution in [2.45, 2.75) is 18.9 Å². The minimum atomic E-state index is 0.339. The van der Waals surface area contributed by atoms with Crippen LogP contribution in [-0.4, -0.2) is 61.8 Å². The molecule has 7 heteroatoms. The molecule has 0 aliphatic carbocycles. The van der Waals surface area contributed by atoms with Gasteiger partial charge < -0.3 is 19.7 Å². The minimum Gasteiger partial charge on any atom is -0.381 e. The lowest BCUT2D eigenvalue weighted by atomic mass is 10.1. The molecule has 0 unspecified atom stereocenters. The van der Waals surface area contributed by atoms with Crippen LogP contribution < -0.4 is 10.2 Å². The van der Waals surface area contributed by atoms with Crippen molar-refractivity contribution >= 4 is 18.1 Å². The lowest BCUT2D eigenvalue weighted by Gasteiger charge is -2.28. The van der Waals surface area contributed by atoms with Crippen LogP contribution in [0.25, 0.3) is 0 Å². The first kappa shape index (κ1) is 14.2. The zero-order valence-electron chi connectivity index (χ0n) is 12.0. The molecule has 2 aliphatic rings. The Morgan fingerprint density at radius 3 is 2.57 bits per heavy atom. The molecule has 0 aromatic carbocycles. The number of nitrogens with one attached hydrogen (secondary N) is 1. The molecular weight excluding hydrogens is 272 g/mol. The van der Waals surface area contributed by atoms with Gasteiger partial charge in [0.2, 0.25) is 5.95 Å². The predicted octanol–water partition coefficient (Wildman–Crippen LogP) is 0.717. The third-order valence-corrected chi connectivity index (χ3v) is 3.72. The molecule has 0 saturated carbocycles. The van der Waals surface area contributed by atoms with Crippen LogP contribution in [0.5, 0.6) is 0 Å². The Morgan fingerprint density at radius 1 is 1.14 bits per heavy atom. The van der Waals surface area contributed by atoms with E-state index < -0.39 is 0 Å². The second-order valence-electron chi connectivity index (χ2n) is 5.23. The fraction of sp³-hybridized carbons (Fsp3) is 0.643. The maximum absolute atomic E-state index is 11.1. The van der Waals surface area contributed by atoms with Gasteiger partial charge >= 0.3 is 0 Å². The lowest BCUT2D eigenvalue weighted by Crippen LogP contribution is -2.37. The van der Waals surface area contributed by atoms with E-state index in [1.165, 1.54) is 0 Å². The van der Waals surface area contributed by atoms with Gasteiger partial charge in [0, 0.05) is 38.4 Å². The molecule has 2 saturated heterocycles. The monoisotopic (exact) mass is 292 g/mol. The molecule has 1 aromatic rings. The van der Waals surface area contributed by atoms with E-state index in [2.05, 4.69) is 15.3 Å². The number of carbonyl (C=O) groups is 1. The van der Waals surface area contributed by atoms with Gasteiger partial charge in [-0.25, -0.2) is 4.98 Å². The highest BCUT2D eigenvalue weighted by Gasteiger charge is 2.18. The molecular formula is C14H20N4O3. The largest absolute Gasteiger partial charge is 0.381 e. The molecule has 2 aliphatic heterocycles. The molecule has 2 fully saturated rings. The van der Waals surface area contributed by atoms with Gasteiger partial charge in [0.1, 0.15) is 11.5 Å². The molecule has 1 N–H and O–H groups in total. The van der Waals surface area contributed by atoms with E-state index in [0.29, 0.717) is 36.7 Å². The number of hydrogen-bond donors (Lipinski definition) is 1. The summed E-state index contributed by atoms with van der Waals surface area (Å²) in [5, 5.41) is 3.39. The van der Waals surface area contributed by atoms with Crippen molar-refractivity contribution in [3.8, 4) is 0 Å². The Kier molecular flexibility index (Phi) is 4.62. The quantitative estimate of drug-likeness (QED) is 0.819. The maximum Gasteiger partial charge on any atom is 0.228 e. The molecule has 0 atom stereocenters. The number of aldehydes is 1. The van der Waals surface area contributed by atoms with Crippen LogP contribution in [0.2, 0.25) is 0 Å². The summed E-state index contributed by atoms with van der Waals surface area (Å²) >= 11 is 0. The summed E-state index contributed by atoms with van der Waals surface area (Å²) in [5.41, 5.74) is 0.404. The Balaban J connectivity index is 1.76. The Bertz CT molecular complexity index is 485. The highest BCUT2D eigenvalue weighted by molar-refractivity contribution is 5.74. The van der Waals surface area contributed by atoms with Gasteiger partial charge in [0.15, 0.2) is 6.29 Å². The summed E-state index contributed by atoms with van der Waals surface area (Å²) in [7, 11) is 0. The summed E-state index contributed by atoms with van der Waals surface area (Å²) in [5.74, 6) is 1.30. The van der Waals surface area contributed by atoms with E-state index in [4.69, 9.17) is 9.47 Å². The molecule has 7 nitrogen and oxygen atoms in total. The third-order valence-electron chi connectivity index (χ3n) is 3.72. The second kappa shape index (κ2) is 6.82. The fourth-order valence-corrected chi connectivity index (χ4v) is 2.54. The number of hydrogen-bond acceptors (Lipinski definition) is 7. The molecule has 0 radical (unpaired) electrons. The Morgan fingerprint density at radius 2 is 1.86 bits per heavy atom. The van der Waals surface area contributed by atoms with E-state index in [9.17, 15) is 4.79 Å². The number of ether oxygens (including phenoxy) is 2. The smallest absolute Gasteiger partial charge is 0.228 e. The van der Waals surface area contributed by atoms with Gasteiger partial charge in [0.05, 0.1) is 13.2 Å². The molecule has 0 bridgehead atoms. The first-order valence-corrected chi connectivity index (χ1v) is 7.36. The van der Waals surface area contributed by atoms with Crippen molar-refractivity contribution in [2.75, 3.05) is 49.7 Å². The maximum atomic E-state index is 11.1. The van der Waals surface area contributed by atoms with Crippen molar-refractivity contribution in [3.63, 3.8) is 0 Å². The number of anilines is 2. The zero-order valence-corrected chi connectivity index (χ0v) is 12.0. The third kappa shape index (κ3) is 3.68. The van der Waals surface area contributed by atoms with Gasteiger partial charge in [-0.2, -0.15) is 4.98 Å². The molecule has 0 amide bonds. The van der Waals surface area contributed by atoms with Gasteiger partial charge in [0.25, 0.3) is 0 Å². The Hall–Kier alpha value is -1.73. The normalized spacial score (nSPS) is 20.3. The zero-order chi connectivity index (χ0) is 14.5. The van der Waals surface area contributed by atoms with E-state index in [0.717, 1.165) is 45.4 Å². The van der Waals surface area contributed by atoms with Gasteiger partial charge in [-0.15, -0.1) is 0 Å². The topological polar surface area (TPSA) is 76.6 Å². The van der Waals surface area contributed by atoms with Crippen molar-refractivity contribution in [2.24, 2.45) is 0 Å². The van der Waals surface area contributed by atoms with Crippen LogP contribution in [0.1, 0.15) is 23.3 Å². The average molecular weight is 292 g/mol. The van der Waals surface area contributed by atoms with E-state index in [-0.39, 0.29) is 0 Å². The lowest BCUT2D eigenvalue weighted by molar-refractivity contribution is 0.0903. The first-order chi connectivity index (χ1) is 10.3. The molecule has 0 spiro atoms. The number of nitrogens with zero attached hydrogens (tertiary/aromatic N) is 3. The average Bonchev–Trinajstić information content (AvgIpc) is 2.56. The van der Waals surface area contributed by atoms with E-state index in [1.807, 2.05) is 4.90 Å². The minimum absolute atomic E-state index is 0.339. The van der Waals surface area contributed by atoms with Crippen LogP contribution in [0.3, 0.4) is 0 Å². The van der Waals surface area contributed by atoms with E-state index >= 15 is 0 Å². The molecule has 21 heavy (non-hydrogen) atoms. The standard InChI is InChI=1S/C14H20N4O3/c19-10-12-9-13(15-11-1-5-20-6-2-11)17-14(16-12)18-3-7-21-8-4-18/h9-11H,1-8H2,(H,15,16,17). The number of aromatic nitrogens is 2. The van der Waals surface area contributed by atoms with Crippen LogP contribution in [0.4, 0.5) is 11.8 Å². The number of morpholine rings is 1. The predicted molar refractivity (Wildman–Crippen MR) is 77.9 cm³/mol. The SMILES string of the molecule is O=Cc1cc(NC2CCOCC2)nc(N2CCOCC2)n1. The van der Waals surface area contributed by atoms with Crippen molar-refractivity contribution in [1.29, 1.82) is 0 Å². The van der Waals surface area contributed by atoms with E-state index in [1.54, 1.807) is 6.07 Å². The highest BCUT2D eigenvalue weighted by atomic mass is 16.5. The van der Waals surface area contributed by atoms with Crippen LogP contribution in [-0.2, 0) is 9.47 Å². The van der Waals surface area contributed by atoms with Crippen LogP contribution in [0, 0.1) is 0 Å². The van der Waals surface area contributed by atoms with Crippen molar-refractivity contribution < 1.29 is 14.3 Å². The fourth-order valence-electron chi connectivity index (χ4n) is 2.54. The second-order valence-corrected chi connectivity index (χ2v) is 5.23. The van der Waals surface area contributed by atoms with Crippen LogP contribution >= 0.6 is 0 Å². The summed E-state index contributed by atoms with van der Waals surface area (Å²) in [6, 6.07) is 2.04. The van der Waals surface area contributed by atoms with Gasteiger partial charge in [-0.1, -0.05) is 0 Å². The highest BCUT2D eigenvalue weighted by Crippen LogP contribution is 2.18. The van der Waals surface area contributed by atoms with Gasteiger partial charge in [-0.3, -0.25) is 4.79 Å². The summed E-state index contributed by atoms with van der Waals surface area (Å²) in [4.78, 5) is 22.0. The summed E-state index contributed by atoms with van der Waals surface area (Å²) in [6.45, 7) is 4.35. The van der Waals surface area contributed by atoms with Gasteiger partial charge in [-0.05, 0) is 12.8 Å². The molecule has 3 heterocycles. The number of rotatable bonds is 4. The first-order valence-electron chi connectivity index (χ1n) is 7.36.